The molecule has 3 rings (SSSR count). The van der Waals surface area contributed by atoms with Crippen LogP contribution in [-0.4, -0.2) is 39.1 Å². The fraction of sp³-hybridized carbons (Fsp3) is 0.444. The number of pyridine rings is 1. The van der Waals surface area contributed by atoms with Gasteiger partial charge < -0.3 is 10.0 Å². The number of nitrogens with zero attached hydrogens (tertiary/aromatic N) is 4. The van der Waals surface area contributed by atoms with Crippen molar-refractivity contribution in [3.8, 4) is 11.5 Å². The standard InChI is InChI=1S/C18H22N4O2/c1-11(2)15(18(23)24)22(3)17-12-7-6-9-13(12)20-16(21-17)14-8-4-5-10-19-14/h4-5,8,10-11,15H,6-7,9H2,1-3H3,(H,23,24). The third-order valence-corrected chi connectivity index (χ3v) is 4.44. The largest absolute Gasteiger partial charge is 0.480 e. The minimum absolute atomic E-state index is 0.0298. The van der Waals surface area contributed by atoms with Gasteiger partial charge in [0.25, 0.3) is 0 Å². The first-order chi connectivity index (χ1) is 11.5. The molecule has 2 heterocycles. The number of aryl methyl sites for hydroxylation is 1. The molecule has 0 saturated heterocycles. The monoisotopic (exact) mass is 326 g/mol. The topological polar surface area (TPSA) is 79.2 Å². The molecule has 2 aromatic rings. The van der Waals surface area contributed by atoms with E-state index in [1.165, 1.54) is 0 Å². The summed E-state index contributed by atoms with van der Waals surface area (Å²) in [5.41, 5.74) is 2.79. The summed E-state index contributed by atoms with van der Waals surface area (Å²) < 4.78 is 0. The van der Waals surface area contributed by atoms with E-state index >= 15 is 0 Å². The number of carbonyl (C=O) groups is 1. The quantitative estimate of drug-likeness (QED) is 0.910. The zero-order valence-electron chi connectivity index (χ0n) is 14.2. The van der Waals surface area contributed by atoms with E-state index in [0.29, 0.717) is 11.5 Å². The minimum atomic E-state index is -0.836. The summed E-state index contributed by atoms with van der Waals surface area (Å²) in [4.78, 5) is 27.2. The Morgan fingerprint density at radius 2 is 2.04 bits per heavy atom. The van der Waals surface area contributed by atoms with E-state index in [1.54, 1.807) is 11.1 Å². The number of carboxylic acids is 1. The van der Waals surface area contributed by atoms with Crippen LogP contribution in [0.15, 0.2) is 24.4 Å². The molecule has 1 atom stereocenters. The molecule has 126 valence electrons. The zero-order valence-corrected chi connectivity index (χ0v) is 14.2. The van der Waals surface area contributed by atoms with Crippen LogP contribution in [0.1, 0.15) is 31.5 Å². The van der Waals surface area contributed by atoms with Crippen molar-refractivity contribution >= 4 is 11.8 Å². The van der Waals surface area contributed by atoms with Gasteiger partial charge in [0.05, 0.1) is 0 Å². The SMILES string of the molecule is CC(C)C(C(=O)O)N(C)c1nc(-c2ccccn2)nc2c1CCC2. The van der Waals surface area contributed by atoms with Crippen molar-refractivity contribution in [2.45, 2.75) is 39.2 Å². The third kappa shape index (κ3) is 2.96. The lowest BCUT2D eigenvalue weighted by atomic mass is 10.0. The van der Waals surface area contributed by atoms with Crippen LogP contribution < -0.4 is 4.90 Å². The van der Waals surface area contributed by atoms with Crippen LogP contribution in [0.3, 0.4) is 0 Å². The summed E-state index contributed by atoms with van der Waals surface area (Å²) in [7, 11) is 1.81. The lowest BCUT2D eigenvalue weighted by molar-refractivity contribution is -0.139. The summed E-state index contributed by atoms with van der Waals surface area (Å²) in [5.74, 6) is 0.417. The molecule has 0 radical (unpaired) electrons. The van der Waals surface area contributed by atoms with E-state index in [-0.39, 0.29) is 5.92 Å². The fourth-order valence-corrected chi connectivity index (χ4v) is 3.34. The smallest absolute Gasteiger partial charge is 0.326 e. The molecular weight excluding hydrogens is 304 g/mol. The van der Waals surface area contributed by atoms with E-state index in [2.05, 4.69) is 15.0 Å². The summed E-state index contributed by atoms with van der Waals surface area (Å²) >= 11 is 0. The Bertz CT molecular complexity index is 746. The van der Waals surface area contributed by atoms with Gasteiger partial charge in [0, 0.05) is 24.5 Å². The van der Waals surface area contributed by atoms with Crippen molar-refractivity contribution in [3.63, 3.8) is 0 Å². The Morgan fingerprint density at radius 3 is 2.67 bits per heavy atom. The second-order valence-corrected chi connectivity index (χ2v) is 6.50. The van der Waals surface area contributed by atoms with Crippen LogP contribution in [0.4, 0.5) is 5.82 Å². The Labute approximate surface area is 141 Å². The number of likely N-dealkylation sites (N-methyl/N-ethyl adjacent to an activating group) is 1. The molecule has 6 nitrogen and oxygen atoms in total. The first-order valence-electron chi connectivity index (χ1n) is 8.26. The molecule has 0 aromatic carbocycles. The molecule has 0 bridgehead atoms. The van der Waals surface area contributed by atoms with E-state index in [4.69, 9.17) is 0 Å². The summed E-state index contributed by atoms with van der Waals surface area (Å²) in [6.07, 6.45) is 4.53. The van der Waals surface area contributed by atoms with Crippen molar-refractivity contribution in [2.24, 2.45) is 5.92 Å². The van der Waals surface area contributed by atoms with Gasteiger partial charge in [-0.05, 0) is 37.3 Å². The van der Waals surface area contributed by atoms with Crippen LogP contribution >= 0.6 is 0 Å². The van der Waals surface area contributed by atoms with Gasteiger partial charge in [0.2, 0.25) is 0 Å². The molecule has 1 N–H and O–H groups in total. The van der Waals surface area contributed by atoms with Gasteiger partial charge in [-0.2, -0.15) is 0 Å². The molecule has 0 amide bonds. The van der Waals surface area contributed by atoms with E-state index in [0.717, 1.165) is 36.3 Å². The van der Waals surface area contributed by atoms with Crippen molar-refractivity contribution in [1.82, 2.24) is 15.0 Å². The minimum Gasteiger partial charge on any atom is -0.480 e. The molecule has 1 unspecified atom stereocenters. The lowest BCUT2D eigenvalue weighted by Crippen LogP contribution is -2.43. The Morgan fingerprint density at radius 1 is 1.25 bits per heavy atom. The zero-order chi connectivity index (χ0) is 17.3. The van der Waals surface area contributed by atoms with E-state index in [9.17, 15) is 9.90 Å². The normalized spacial score (nSPS) is 14.5. The maximum atomic E-state index is 11.7. The number of aromatic nitrogens is 3. The first-order valence-corrected chi connectivity index (χ1v) is 8.26. The van der Waals surface area contributed by atoms with Crippen LogP contribution in [-0.2, 0) is 17.6 Å². The Kier molecular flexibility index (Phi) is 4.46. The van der Waals surface area contributed by atoms with E-state index < -0.39 is 12.0 Å². The second-order valence-electron chi connectivity index (χ2n) is 6.50. The number of hydrogen-bond acceptors (Lipinski definition) is 5. The maximum Gasteiger partial charge on any atom is 0.326 e. The van der Waals surface area contributed by atoms with Gasteiger partial charge in [-0.25, -0.2) is 14.8 Å². The van der Waals surface area contributed by atoms with Crippen molar-refractivity contribution in [3.05, 3.63) is 35.7 Å². The van der Waals surface area contributed by atoms with Crippen LogP contribution in [0, 0.1) is 5.92 Å². The predicted molar refractivity (Wildman–Crippen MR) is 92.0 cm³/mol. The number of hydrogen-bond donors (Lipinski definition) is 1. The summed E-state index contributed by atoms with van der Waals surface area (Å²) in [5, 5.41) is 9.61. The molecule has 0 saturated carbocycles. The van der Waals surface area contributed by atoms with Crippen molar-refractivity contribution in [2.75, 3.05) is 11.9 Å². The highest BCUT2D eigenvalue weighted by atomic mass is 16.4. The van der Waals surface area contributed by atoms with Gasteiger partial charge >= 0.3 is 5.97 Å². The Balaban J connectivity index is 2.10. The Hall–Kier alpha value is -2.50. The summed E-state index contributed by atoms with van der Waals surface area (Å²) in [6, 6.07) is 5.00. The third-order valence-electron chi connectivity index (χ3n) is 4.44. The molecule has 1 aliphatic rings. The maximum absolute atomic E-state index is 11.7. The number of fused-ring (bicyclic) bond motifs is 1. The van der Waals surface area contributed by atoms with Gasteiger partial charge in [0.1, 0.15) is 17.6 Å². The number of aliphatic carboxylic acids is 1. The average Bonchev–Trinajstić information content (AvgIpc) is 3.02. The molecule has 24 heavy (non-hydrogen) atoms. The highest BCUT2D eigenvalue weighted by molar-refractivity contribution is 5.78. The highest BCUT2D eigenvalue weighted by Gasteiger charge is 2.31. The molecule has 6 heteroatoms. The number of rotatable bonds is 5. The highest BCUT2D eigenvalue weighted by Crippen LogP contribution is 2.32. The van der Waals surface area contributed by atoms with Crippen molar-refractivity contribution in [1.29, 1.82) is 0 Å². The molecule has 0 spiro atoms. The molecule has 2 aromatic heterocycles. The first kappa shape index (κ1) is 16.4. The molecular formula is C18H22N4O2. The predicted octanol–water partition coefficient (Wildman–Crippen LogP) is 2.57. The van der Waals surface area contributed by atoms with Gasteiger partial charge in [-0.3, -0.25) is 4.98 Å². The lowest BCUT2D eigenvalue weighted by Gasteiger charge is -2.30. The molecule has 0 aliphatic heterocycles. The van der Waals surface area contributed by atoms with Crippen LogP contribution in [0.5, 0.6) is 0 Å². The fourth-order valence-electron chi connectivity index (χ4n) is 3.34. The second kappa shape index (κ2) is 6.55. The van der Waals surface area contributed by atoms with Gasteiger partial charge in [-0.1, -0.05) is 19.9 Å². The van der Waals surface area contributed by atoms with Crippen molar-refractivity contribution < 1.29 is 9.90 Å². The number of carboxylic acid groups (broad SMARTS) is 1. The van der Waals surface area contributed by atoms with Crippen LogP contribution in [0.2, 0.25) is 0 Å². The van der Waals surface area contributed by atoms with Gasteiger partial charge in [0.15, 0.2) is 5.82 Å². The van der Waals surface area contributed by atoms with Gasteiger partial charge in [-0.15, -0.1) is 0 Å². The summed E-state index contributed by atoms with van der Waals surface area (Å²) in [6.45, 7) is 3.83. The van der Waals surface area contributed by atoms with E-state index in [1.807, 2.05) is 39.1 Å². The van der Waals surface area contributed by atoms with Crippen LogP contribution in [0.25, 0.3) is 11.5 Å². The molecule has 0 fully saturated rings. The number of anilines is 1. The molecule has 1 aliphatic carbocycles. The average molecular weight is 326 g/mol.